The first-order valence-corrected chi connectivity index (χ1v) is 12.2. The summed E-state index contributed by atoms with van der Waals surface area (Å²) in [5, 5.41) is 9.95. The van der Waals surface area contributed by atoms with Crippen LogP contribution in [-0.2, 0) is 42.9 Å². The Morgan fingerprint density at radius 2 is 1.19 bits per heavy atom. The van der Waals surface area contributed by atoms with Gasteiger partial charge in [0, 0.05) is 18.0 Å². The fraction of sp³-hybridized carbons (Fsp3) is 0.542. The first-order chi connectivity index (χ1) is 17.2. The van der Waals surface area contributed by atoms with Crippen molar-refractivity contribution in [3.8, 4) is 5.75 Å². The highest BCUT2D eigenvalue weighted by Crippen LogP contribution is 2.28. The molecule has 1 N–H and O–H groups in total. The van der Waals surface area contributed by atoms with Crippen LogP contribution in [0.2, 0.25) is 0 Å². The van der Waals surface area contributed by atoms with E-state index in [1.54, 1.807) is 18.2 Å². The van der Waals surface area contributed by atoms with Crippen LogP contribution in [-0.4, -0.2) is 87.1 Å². The molecule has 0 aliphatic heterocycles. The van der Waals surface area contributed by atoms with Gasteiger partial charge in [-0.15, -0.1) is 11.8 Å². The number of thioether (sulfide) groups is 1. The Bertz CT molecular complexity index is 833. The van der Waals surface area contributed by atoms with E-state index in [9.17, 15) is 29.1 Å². The van der Waals surface area contributed by atoms with Crippen LogP contribution in [0.1, 0.15) is 25.7 Å². The molecule has 0 fully saturated rings. The van der Waals surface area contributed by atoms with Crippen molar-refractivity contribution in [2.75, 3.05) is 47.3 Å². The molecule has 1 aromatic carbocycles. The Kier molecular flexibility index (Phi) is 14.0. The first-order valence-electron chi connectivity index (χ1n) is 11.2. The van der Waals surface area contributed by atoms with E-state index in [1.807, 2.05) is 0 Å². The molecular weight excluding hydrogens is 494 g/mol. The number of methoxy groups -OCH3 is 4. The molecule has 36 heavy (non-hydrogen) atoms. The molecule has 0 spiro atoms. The van der Waals surface area contributed by atoms with Gasteiger partial charge in [0.2, 0.25) is 5.91 Å². The van der Waals surface area contributed by atoms with Crippen LogP contribution in [0, 0.1) is 11.8 Å². The van der Waals surface area contributed by atoms with Crippen molar-refractivity contribution in [3.63, 3.8) is 0 Å². The van der Waals surface area contributed by atoms with E-state index in [0.29, 0.717) is 17.7 Å². The zero-order valence-corrected chi connectivity index (χ0v) is 21.7. The van der Waals surface area contributed by atoms with Crippen LogP contribution >= 0.6 is 11.8 Å². The fourth-order valence-corrected chi connectivity index (χ4v) is 4.23. The molecule has 0 aliphatic carbocycles. The number of hydrogen-bond acceptors (Lipinski definition) is 11. The summed E-state index contributed by atoms with van der Waals surface area (Å²) in [6.07, 6.45) is 0.782. The van der Waals surface area contributed by atoms with E-state index in [-0.39, 0.29) is 43.3 Å². The fourth-order valence-electron chi connectivity index (χ4n) is 3.38. The van der Waals surface area contributed by atoms with Crippen molar-refractivity contribution in [3.05, 3.63) is 24.3 Å². The number of rotatable bonds is 15. The Balaban J connectivity index is 2.87. The molecule has 0 aliphatic rings. The van der Waals surface area contributed by atoms with E-state index in [2.05, 4.69) is 18.9 Å². The number of phenols is 1. The molecule has 0 saturated heterocycles. The number of esters is 4. The molecule has 1 aromatic rings. The van der Waals surface area contributed by atoms with Crippen LogP contribution in [0.3, 0.4) is 0 Å². The zero-order chi connectivity index (χ0) is 27.1. The number of amides is 1. The average molecular weight is 528 g/mol. The second kappa shape index (κ2) is 16.4. The number of carbonyl (C=O) groups excluding carboxylic acids is 5. The standard InChI is InChI=1S/C24H33NO10S/c1-32-21(28)16(22(29)33-2)9-7-13-25(14-8-10-17(23(30)34-3)24(31)35-4)20(27)15-36-19-12-6-5-11-18(19)26/h5-6,11-12,16-17,26H,7-10,13-15H2,1-4H3. The summed E-state index contributed by atoms with van der Waals surface area (Å²) in [6.45, 7) is 0.400. The maximum absolute atomic E-state index is 13.0. The normalized spacial score (nSPS) is 10.6. The van der Waals surface area contributed by atoms with Gasteiger partial charge in [0.15, 0.2) is 11.8 Å². The third kappa shape index (κ3) is 9.76. The van der Waals surface area contributed by atoms with Crippen LogP contribution in [0.5, 0.6) is 5.75 Å². The lowest BCUT2D eigenvalue weighted by Crippen LogP contribution is -2.36. The SMILES string of the molecule is COC(=O)C(CCCN(CCCC(C(=O)OC)C(=O)OC)C(=O)CSc1ccccc1O)C(=O)OC. The lowest BCUT2D eigenvalue weighted by Gasteiger charge is -2.24. The predicted molar refractivity (Wildman–Crippen MR) is 129 cm³/mol. The molecule has 200 valence electrons. The Hall–Kier alpha value is -3.28. The number of benzene rings is 1. The summed E-state index contributed by atoms with van der Waals surface area (Å²) in [5.41, 5.74) is 0. The Morgan fingerprint density at radius 1 is 0.778 bits per heavy atom. The summed E-state index contributed by atoms with van der Waals surface area (Å²) in [6, 6.07) is 6.62. The number of nitrogens with zero attached hydrogens (tertiary/aromatic N) is 1. The molecular formula is C24H33NO10S. The second-order valence-electron chi connectivity index (χ2n) is 7.62. The highest BCUT2D eigenvalue weighted by molar-refractivity contribution is 8.00. The van der Waals surface area contributed by atoms with Gasteiger partial charge in [-0.25, -0.2) is 0 Å². The summed E-state index contributed by atoms with van der Waals surface area (Å²) in [5.74, 6) is -5.33. The van der Waals surface area contributed by atoms with Gasteiger partial charge in [-0.2, -0.15) is 0 Å². The summed E-state index contributed by atoms with van der Waals surface area (Å²) >= 11 is 1.16. The lowest BCUT2D eigenvalue weighted by atomic mass is 10.0. The minimum Gasteiger partial charge on any atom is -0.507 e. The predicted octanol–water partition coefficient (Wildman–Crippen LogP) is 1.80. The van der Waals surface area contributed by atoms with E-state index in [4.69, 9.17) is 0 Å². The molecule has 0 unspecified atom stereocenters. The molecule has 0 radical (unpaired) electrons. The molecule has 1 rings (SSSR count). The van der Waals surface area contributed by atoms with Gasteiger partial charge in [-0.3, -0.25) is 24.0 Å². The van der Waals surface area contributed by atoms with Crippen molar-refractivity contribution >= 4 is 41.5 Å². The van der Waals surface area contributed by atoms with Gasteiger partial charge in [0.05, 0.1) is 34.2 Å². The molecule has 0 atom stereocenters. The van der Waals surface area contributed by atoms with Gasteiger partial charge in [-0.05, 0) is 37.8 Å². The maximum Gasteiger partial charge on any atom is 0.320 e. The van der Waals surface area contributed by atoms with Crippen molar-refractivity contribution in [2.24, 2.45) is 11.8 Å². The van der Waals surface area contributed by atoms with Gasteiger partial charge < -0.3 is 29.0 Å². The smallest absolute Gasteiger partial charge is 0.320 e. The van der Waals surface area contributed by atoms with E-state index < -0.39 is 35.7 Å². The van der Waals surface area contributed by atoms with Crippen LogP contribution in [0.4, 0.5) is 0 Å². The van der Waals surface area contributed by atoms with Crippen LogP contribution < -0.4 is 0 Å². The number of aromatic hydroxyl groups is 1. The number of carbonyl (C=O) groups is 5. The topological polar surface area (TPSA) is 146 Å². The molecule has 12 heteroatoms. The van der Waals surface area contributed by atoms with Crippen molar-refractivity contribution in [1.82, 2.24) is 4.90 Å². The molecule has 0 aromatic heterocycles. The summed E-state index contributed by atoms with van der Waals surface area (Å²) in [4.78, 5) is 62.8. The highest BCUT2D eigenvalue weighted by Gasteiger charge is 2.30. The summed E-state index contributed by atoms with van der Waals surface area (Å²) in [7, 11) is 4.68. The van der Waals surface area contributed by atoms with Crippen molar-refractivity contribution < 1.29 is 48.0 Å². The van der Waals surface area contributed by atoms with Gasteiger partial charge >= 0.3 is 23.9 Å². The van der Waals surface area contributed by atoms with E-state index in [0.717, 1.165) is 11.8 Å². The van der Waals surface area contributed by atoms with Crippen molar-refractivity contribution in [2.45, 2.75) is 30.6 Å². The minimum absolute atomic E-state index is 0.0203. The monoisotopic (exact) mass is 527 g/mol. The van der Waals surface area contributed by atoms with E-state index in [1.165, 1.54) is 39.4 Å². The van der Waals surface area contributed by atoms with Crippen LogP contribution in [0.15, 0.2) is 29.2 Å². The number of phenolic OH excluding ortho intramolecular Hbond substituents is 1. The van der Waals surface area contributed by atoms with Gasteiger partial charge in [-0.1, -0.05) is 12.1 Å². The van der Waals surface area contributed by atoms with Crippen molar-refractivity contribution in [1.29, 1.82) is 0 Å². The highest BCUT2D eigenvalue weighted by atomic mass is 32.2. The van der Waals surface area contributed by atoms with Gasteiger partial charge in [0.1, 0.15) is 5.75 Å². The molecule has 11 nitrogen and oxygen atoms in total. The molecule has 0 heterocycles. The molecule has 0 bridgehead atoms. The van der Waals surface area contributed by atoms with Gasteiger partial charge in [0.25, 0.3) is 0 Å². The Labute approximate surface area is 214 Å². The molecule has 0 saturated carbocycles. The average Bonchev–Trinajstić information content (AvgIpc) is 2.89. The largest absolute Gasteiger partial charge is 0.507 e. The molecule has 1 amide bonds. The minimum atomic E-state index is -1.12. The second-order valence-corrected chi connectivity index (χ2v) is 8.64. The van der Waals surface area contributed by atoms with Crippen LogP contribution in [0.25, 0.3) is 0 Å². The third-order valence-corrected chi connectivity index (χ3v) is 6.40. The number of para-hydroxylation sites is 1. The Morgan fingerprint density at radius 3 is 1.58 bits per heavy atom. The maximum atomic E-state index is 13.0. The number of ether oxygens (including phenoxy) is 4. The third-order valence-electron chi connectivity index (χ3n) is 5.35. The summed E-state index contributed by atoms with van der Waals surface area (Å²) < 4.78 is 18.6. The first kappa shape index (κ1) is 30.8. The number of hydrogen-bond donors (Lipinski definition) is 1. The lowest BCUT2D eigenvalue weighted by molar-refractivity contribution is -0.160. The van der Waals surface area contributed by atoms with E-state index >= 15 is 0 Å². The zero-order valence-electron chi connectivity index (χ0n) is 20.9. The quantitative estimate of drug-likeness (QED) is 0.154.